The molecule has 5 N–H and O–H groups in total. The standard InChI is InChI=1S/C16H28N2O5S/c1-15(2)5-6-16(3,4)14(15)24-8-10(13(22)23)18-12(21)9(17)7-11(19)20/h9-10,14H,5-8,17H2,1-4H3,(H,18,21)(H,19,20)(H,22,23)/t9-,10-/m0/s1. The number of carbonyl (C=O) groups is 3. The van der Waals surface area contributed by atoms with Crippen LogP contribution < -0.4 is 11.1 Å². The van der Waals surface area contributed by atoms with Gasteiger partial charge in [-0.05, 0) is 23.7 Å². The molecule has 0 aliphatic heterocycles. The Morgan fingerprint density at radius 3 is 2.08 bits per heavy atom. The summed E-state index contributed by atoms with van der Waals surface area (Å²) in [5, 5.41) is 20.6. The largest absolute Gasteiger partial charge is 0.481 e. The fourth-order valence-corrected chi connectivity index (χ4v) is 5.09. The van der Waals surface area contributed by atoms with Gasteiger partial charge in [-0.2, -0.15) is 11.8 Å². The number of hydrogen-bond acceptors (Lipinski definition) is 5. The quantitative estimate of drug-likeness (QED) is 0.513. The van der Waals surface area contributed by atoms with Gasteiger partial charge in [-0.15, -0.1) is 0 Å². The lowest BCUT2D eigenvalue weighted by Crippen LogP contribution is -2.50. The molecule has 1 amide bonds. The second kappa shape index (κ2) is 7.74. The van der Waals surface area contributed by atoms with Crippen LogP contribution in [0.1, 0.15) is 47.0 Å². The summed E-state index contributed by atoms with van der Waals surface area (Å²) < 4.78 is 0. The summed E-state index contributed by atoms with van der Waals surface area (Å²) in [7, 11) is 0. The Labute approximate surface area is 146 Å². The third-order valence-electron chi connectivity index (χ3n) is 4.61. The van der Waals surface area contributed by atoms with Gasteiger partial charge in [0.1, 0.15) is 6.04 Å². The minimum atomic E-state index is -1.26. The van der Waals surface area contributed by atoms with Crippen molar-refractivity contribution >= 4 is 29.6 Å². The molecule has 0 bridgehead atoms. The highest BCUT2D eigenvalue weighted by molar-refractivity contribution is 8.00. The van der Waals surface area contributed by atoms with E-state index in [4.69, 9.17) is 10.8 Å². The van der Waals surface area contributed by atoms with Crippen LogP contribution in [0.3, 0.4) is 0 Å². The maximum absolute atomic E-state index is 11.9. The van der Waals surface area contributed by atoms with Gasteiger partial charge in [-0.1, -0.05) is 27.7 Å². The molecule has 0 aromatic carbocycles. The molecule has 1 aliphatic carbocycles. The minimum absolute atomic E-state index is 0.0982. The zero-order valence-electron chi connectivity index (χ0n) is 14.7. The molecular weight excluding hydrogens is 332 g/mol. The normalized spacial score (nSPS) is 21.9. The van der Waals surface area contributed by atoms with E-state index in [0.29, 0.717) is 0 Å². The predicted molar refractivity (Wildman–Crippen MR) is 92.8 cm³/mol. The number of nitrogens with one attached hydrogen (secondary N) is 1. The van der Waals surface area contributed by atoms with E-state index >= 15 is 0 Å². The van der Waals surface area contributed by atoms with Crippen LogP contribution in [0.4, 0.5) is 0 Å². The number of nitrogens with two attached hydrogens (primary N) is 1. The SMILES string of the molecule is CC1(C)CCC(C)(C)C1SC[C@H](NC(=O)[C@@H](N)CC(=O)O)C(=O)O. The summed E-state index contributed by atoms with van der Waals surface area (Å²) in [6, 6.07) is -2.34. The summed E-state index contributed by atoms with van der Waals surface area (Å²) in [5.74, 6) is -2.88. The van der Waals surface area contributed by atoms with Gasteiger partial charge in [-0.25, -0.2) is 4.79 Å². The van der Waals surface area contributed by atoms with Gasteiger partial charge in [0.25, 0.3) is 0 Å². The van der Waals surface area contributed by atoms with E-state index in [1.165, 1.54) is 0 Å². The average molecular weight is 360 g/mol. The smallest absolute Gasteiger partial charge is 0.327 e. The summed E-state index contributed by atoms with van der Waals surface area (Å²) in [6.07, 6.45) is 1.62. The summed E-state index contributed by atoms with van der Waals surface area (Å²) in [4.78, 5) is 33.9. The Bertz CT molecular complexity index is 491. The Morgan fingerprint density at radius 2 is 1.67 bits per heavy atom. The first-order chi connectivity index (χ1) is 10.9. The Hall–Kier alpha value is -1.28. The maximum Gasteiger partial charge on any atom is 0.327 e. The molecule has 0 unspecified atom stereocenters. The van der Waals surface area contributed by atoms with Crippen molar-refractivity contribution < 1.29 is 24.6 Å². The maximum atomic E-state index is 11.9. The van der Waals surface area contributed by atoms with Crippen molar-refractivity contribution in [2.24, 2.45) is 16.6 Å². The zero-order valence-corrected chi connectivity index (χ0v) is 15.5. The molecule has 1 rings (SSSR count). The van der Waals surface area contributed by atoms with Gasteiger partial charge in [0.05, 0.1) is 12.5 Å². The number of aliphatic carboxylic acids is 2. The van der Waals surface area contributed by atoms with Crippen molar-refractivity contribution in [3.05, 3.63) is 0 Å². The summed E-state index contributed by atoms with van der Waals surface area (Å²) >= 11 is 1.55. The molecule has 1 saturated carbocycles. The first-order valence-corrected chi connectivity index (χ1v) is 9.04. The molecule has 0 aromatic rings. The predicted octanol–water partition coefficient (Wildman–Crippen LogP) is 1.31. The molecular formula is C16H28N2O5S. The van der Waals surface area contributed by atoms with E-state index in [1.54, 1.807) is 11.8 Å². The molecule has 0 radical (unpaired) electrons. The third-order valence-corrected chi connectivity index (χ3v) is 6.74. The van der Waals surface area contributed by atoms with E-state index in [9.17, 15) is 19.5 Å². The van der Waals surface area contributed by atoms with E-state index in [1.807, 2.05) is 0 Å². The van der Waals surface area contributed by atoms with Gasteiger partial charge in [-0.3, -0.25) is 9.59 Å². The average Bonchev–Trinajstić information content (AvgIpc) is 2.63. The summed E-state index contributed by atoms with van der Waals surface area (Å²) in [5.41, 5.74) is 5.67. The number of amides is 1. The van der Waals surface area contributed by atoms with Gasteiger partial charge in [0.2, 0.25) is 5.91 Å². The van der Waals surface area contributed by atoms with Crippen molar-refractivity contribution in [3.63, 3.8) is 0 Å². The van der Waals surface area contributed by atoms with Crippen molar-refractivity contribution in [1.29, 1.82) is 0 Å². The zero-order chi connectivity index (χ0) is 18.7. The number of hydrogen-bond donors (Lipinski definition) is 4. The topological polar surface area (TPSA) is 130 Å². The van der Waals surface area contributed by atoms with Crippen molar-refractivity contribution in [2.45, 2.75) is 64.3 Å². The highest BCUT2D eigenvalue weighted by Gasteiger charge is 2.47. The molecule has 24 heavy (non-hydrogen) atoms. The van der Waals surface area contributed by atoms with Gasteiger partial charge in [0.15, 0.2) is 0 Å². The van der Waals surface area contributed by atoms with Crippen LogP contribution in [-0.2, 0) is 14.4 Å². The Kier molecular flexibility index (Phi) is 6.69. The third kappa shape index (κ3) is 5.37. The Morgan fingerprint density at radius 1 is 1.17 bits per heavy atom. The van der Waals surface area contributed by atoms with Crippen molar-refractivity contribution in [1.82, 2.24) is 5.32 Å². The molecule has 1 fully saturated rings. The van der Waals surface area contributed by atoms with E-state index < -0.39 is 36.4 Å². The van der Waals surface area contributed by atoms with Crippen molar-refractivity contribution in [3.8, 4) is 0 Å². The van der Waals surface area contributed by atoms with Crippen LogP contribution in [0.25, 0.3) is 0 Å². The van der Waals surface area contributed by atoms with Crippen LogP contribution in [0, 0.1) is 10.8 Å². The first kappa shape index (κ1) is 20.8. The highest BCUT2D eigenvalue weighted by Crippen LogP contribution is 2.54. The highest BCUT2D eigenvalue weighted by atomic mass is 32.2. The molecule has 1 aliphatic rings. The monoisotopic (exact) mass is 360 g/mol. The molecule has 2 atom stereocenters. The second-order valence-electron chi connectivity index (χ2n) is 7.79. The van der Waals surface area contributed by atoms with Crippen LogP contribution in [-0.4, -0.2) is 51.1 Å². The van der Waals surface area contributed by atoms with Crippen LogP contribution in [0.15, 0.2) is 0 Å². The van der Waals surface area contributed by atoms with Crippen LogP contribution in [0.5, 0.6) is 0 Å². The van der Waals surface area contributed by atoms with Crippen LogP contribution in [0.2, 0.25) is 0 Å². The lowest BCUT2D eigenvalue weighted by molar-refractivity contribution is -0.142. The number of carbonyl (C=O) groups excluding carboxylic acids is 1. The van der Waals surface area contributed by atoms with Crippen LogP contribution >= 0.6 is 11.8 Å². The number of rotatable bonds is 8. The van der Waals surface area contributed by atoms with Gasteiger partial charge < -0.3 is 21.3 Å². The first-order valence-electron chi connectivity index (χ1n) is 7.99. The van der Waals surface area contributed by atoms with E-state index in [0.717, 1.165) is 12.8 Å². The lowest BCUT2D eigenvalue weighted by Gasteiger charge is -2.35. The molecule has 0 aromatic heterocycles. The molecule has 0 spiro atoms. The molecule has 7 nitrogen and oxygen atoms in total. The lowest BCUT2D eigenvalue weighted by atomic mass is 9.84. The van der Waals surface area contributed by atoms with E-state index in [-0.39, 0.29) is 21.8 Å². The summed E-state index contributed by atoms with van der Waals surface area (Å²) in [6.45, 7) is 8.71. The molecule has 0 heterocycles. The second-order valence-corrected chi connectivity index (χ2v) is 8.93. The number of thioether (sulfide) groups is 1. The number of carboxylic acid groups (broad SMARTS) is 2. The minimum Gasteiger partial charge on any atom is -0.481 e. The van der Waals surface area contributed by atoms with E-state index in [2.05, 4.69) is 33.0 Å². The van der Waals surface area contributed by atoms with Gasteiger partial charge in [0, 0.05) is 11.0 Å². The Balaban J connectivity index is 2.69. The van der Waals surface area contributed by atoms with Gasteiger partial charge >= 0.3 is 11.9 Å². The van der Waals surface area contributed by atoms with Crippen molar-refractivity contribution in [2.75, 3.05) is 5.75 Å². The number of carboxylic acids is 2. The fraction of sp³-hybridized carbons (Fsp3) is 0.812. The fourth-order valence-electron chi connectivity index (χ4n) is 3.34. The molecule has 8 heteroatoms. The molecule has 0 saturated heterocycles. The molecule has 138 valence electrons.